The Morgan fingerprint density at radius 3 is 2.31 bits per heavy atom. The highest BCUT2D eigenvalue weighted by Crippen LogP contribution is 2.61. The fourth-order valence-corrected chi connectivity index (χ4v) is 4.59. The lowest BCUT2D eigenvalue weighted by atomic mass is 9.92. The molecule has 7 nitrogen and oxygen atoms in total. The number of benzene rings is 1. The number of nitrogens with zero attached hydrogens (tertiary/aromatic N) is 2. The predicted molar refractivity (Wildman–Crippen MR) is 103 cm³/mol. The Bertz CT molecular complexity index is 933. The lowest BCUT2D eigenvalue weighted by Gasteiger charge is -2.33. The second-order valence-corrected chi connectivity index (χ2v) is 8.52. The summed E-state index contributed by atoms with van der Waals surface area (Å²) in [5.41, 5.74) is -0.493. The van der Waals surface area contributed by atoms with Crippen molar-refractivity contribution in [3.63, 3.8) is 0 Å². The van der Waals surface area contributed by atoms with E-state index in [1.165, 1.54) is 25.3 Å². The van der Waals surface area contributed by atoms with E-state index in [0.29, 0.717) is 17.4 Å². The number of ether oxygens (including phenoxy) is 1. The zero-order chi connectivity index (χ0) is 22.0. The van der Waals surface area contributed by atoms with Crippen LogP contribution in [-0.2, 0) is 15.9 Å². The maximum atomic E-state index is 12.8. The van der Waals surface area contributed by atoms with Gasteiger partial charge in [-0.2, -0.15) is 13.2 Å². The average molecular weight is 454 g/mol. The van der Waals surface area contributed by atoms with Gasteiger partial charge in [-0.25, -0.2) is 9.97 Å². The molecule has 0 radical (unpaired) electrons. The third-order valence-corrected chi connectivity index (χ3v) is 7.05. The number of nitrogens with one attached hydrogen (secondary N) is 1. The predicted octanol–water partition coefficient (Wildman–Crippen LogP) is 5.09. The molecule has 1 aromatic heterocycles. The first kappa shape index (κ1) is 23.4. The second kappa shape index (κ2) is 8.47. The van der Waals surface area contributed by atoms with Gasteiger partial charge in [-0.15, -0.1) is 0 Å². The zero-order valence-corrected chi connectivity index (χ0v) is 17.4. The third-order valence-electron chi connectivity index (χ3n) is 4.76. The normalized spacial score (nSPS) is 12.7. The van der Waals surface area contributed by atoms with Gasteiger partial charge in [-0.1, -0.05) is 31.5 Å². The topological polar surface area (TPSA) is 105 Å². The Hall–Kier alpha value is -1.87. The van der Waals surface area contributed by atoms with Crippen molar-refractivity contribution < 1.29 is 32.3 Å². The van der Waals surface area contributed by atoms with E-state index in [9.17, 15) is 27.5 Å². The standard InChI is InChI=1S/C17H20ClF3N3O4P/c1-4-16(5-2,29(25,26)27)10-6-7-12(13(8-10)28-3)23-15-22-9-11(14(18)24-15)17(19,20)21/h6-9H,4-5H2,1-3H3,(H,22,23,24)(H2,25,26,27). The van der Waals surface area contributed by atoms with E-state index in [1.54, 1.807) is 13.8 Å². The summed E-state index contributed by atoms with van der Waals surface area (Å²) in [7, 11) is -3.14. The molecule has 0 amide bonds. The Kier molecular flexibility index (Phi) is 6.84. The smallest absolute Gasteiger partial charge is 0.420 e. The van der Waals surface area contributed by atoms with Crippen molar-refractivity contribution >= 4 is 30.8 Å². The van der Waals surface area contributed by atoms with Gasteiger partial charge in [0, 0.05) is 6.20 Å². The molecule has 160 valence electrons. The Morgan fingerprint density at radius 2 is 1.86 bits per heavy atom. The van der Waals surface area contributed by atoms with Gasteiger partial charge >= 0.3 is 13.8 Å². The van der Waals surface area contributed by atoms with E-state index in [-0.39, 0.29) is 24.5 Å². The molecule has 29 heavy (non-hydrogen) atoms. The van der Waals surface area contributed by atoms with Crippen LogP contribution in [0.15, 0.2) is 24.4 Å². The first-order chi connectivity index (χ1) is 13.4. The minimum atomic E-state index is -4.68. The largest absolute Gasteiger partial charge is 0.495 e. The van der Waals surface area contributed by atoms with Gasteiger partial charge in [0.05, 0.1) is 18.0 Å². The van der Waals surface area contributed by atoms with Gasteiger partial charge < -0.3 is 19.8 Å². The van der Waals surface area contributed by atoms with Gasteiger partial charge in [0.25, 0.3) is 0 Å². The molecule has 0 aliphatic heterocycles. The number of anilines is 2. The van der Waals surface area contributed by atoms with E-state index in [1.807, 2.05) is 0 Å². The summed E-state index contributed by atoms with van der Waals surface area (Å²) in [4.78, 5) is 27.0. The fraction of sp³-hybridized carbons (Fsp3) is 0.412. The molecular weight excluding hydrogens is 434 g/mol. The molecule has 2 aromatic rings. The first-order valence-electron chi connectivity index (χ1n) is 8.50. The molecule has 0 bridgehead atoms. The van der Waals surface area contributed by atoms with E-state index in [4.69, 9.17) is 16.3 Å². The molecule has 1 heterocycles. The Morgan fingerprint density at radius 1 is 1.24 bits per heavy atom. The van der Waals surface area contributed by atoms with Crippen LogP contribution in [0.25, 0.3) is 0 Å². The number of halogens is 4. The maximum absolute atomic E-state index is 12.8. The van der Waals surface area contributed by atoms with Crippen LogP contribution in [0.4, 0.5) is 24.8 Å². The summed E-state index contributed by atoms with van der Waals surface area (Å²) in [6, 6.07) is 4.47. The van der Waals surface area contributed by atoms with E-state index in [2.05, 4.69) is 15.3 Å². The fourth-order valence-electron chi connectivity index (χ4n) is 3.05. The minimum absolute atomic E-state index is 0.193. The summed E-state index contributed by atoms with van der Waals surface area (Å²) in [5.74, 6) is 0.0168. The number of alkyl halides is 3. The van der Waals surface area contributed by atoms with Crippen molar-refractivity contribution in [1.82, 2.24) is 9.97 Å². The highest BCUT2D eigenvalue weighted by atomic mass is 35.5. The molecule has 3 N–H and O–H groups in total. The molecule has 2 rings (SSSR count). The van der Waals surface area contributed by atoms with Gasteiger partial charge in [0.15, 0.2) is 0 Å². The number of hydrogen-bond acceptors (Lipinski definition) is 5. The molecule has 0 aliphatic rings. The number of aromatic nitrogens is 2. The van der Waals surface area contributed by atoms with Crippen LogP contribution in [0.5, 0.6) is 5.75 Å². The zero-order valence-electron chi connectivity index (χ0n) is 15.8. The molecule has 0 atom stereocenters. The van der Waals surface area contributed by atoms with Gasteiger partial charge in [0.1, 0.15) is 16.5 Å². The van der Waals surface area contributed by atoms with E-state index >= 15 is 0 Å². The van der Waals surface area contributed by atoms with E-state index < -0.39 is 29.6 Å². The Balaban J connectivity index is 2.44. The molecule has 0 unspecified atom stereocenters. The number of methoxy groups -OCH3 is 1. The quantitative estimate of drug-likeness (QED) is 0.396. The van der Waals surface area contributed by atoms with E-state index in [0.717, 1.165) is 0 Å². The Labute approximate surface area is 170 Å². The second-order valence-electron chi connectivity index (χ2n) is 6.22. The monoisotopic (exact) mass is 453 g/mol. The van der Waals surface area contributed by atoms with Crippen molar-refractivity contribution in [2.45, 2.75) is 38.0 Å². The van der Waals surface area contributed by atoms with Crippen LogP contribution >= 0.6 is 19.2 Å². The van der Waals surface area contributed by atoms with Crippen molar-refractivity contribution in [3.05, 3.63) is 40.7 Å². The summed E-state index contributed by atoms with van der Waals surface area (Å²) in [5, 5.41) is 0.560. The highest BCUT2D eigenvalue weighted by molar-refractivity contribution is 7.53. The summed E-state index contributed by atoms with van der Waals surface area (Å²) < 4.78 is 55.8. The highest BCUT2D eigenvalue weighted by Gasteiger charge is 2.45. The van der Waals surface area contributed by atoms with Crippen molar-refractivity contribution in [1.29, 1.82) is 0 Å². The lowest BCUT2D eigenvalue weighted by molar-refractivity contribution is -0.137. The molecular formula is C17H20ClF3N3O4P. The van der Waals surface area contributed by atoms with Crippen LogP contribution in [0, 0.1) is 0 Å². The van der Waals surface area contributed by atoms with Crippen molar-refractivity contribution in [2.24, 2.45) is 0 Å². The molecule has 0 saturated heterocycles. The minimum Gasteiger partial charge on any atom is -0.495 e. The van der Waals surface area contributed by atoms with Crippen LogP contribution in [0.3, 0.4) is 0 Å². The van der Waals surface area contributed by atoms with Crippen LogP contribution in [0.1, 0.15) is 37.8 Å². The van der Waals surface area contributed by atoms with Crippen LogP contribution in [-0.4, -0.2) is 26.9 Å². The van der Waals surface area contributed by atoms with Gasteiger partial charge in [-0.3, -0.25) is 4.57 Å². The summed E-state index contributed by atoms with van der Waals surface area (Å²) in [6.07, 6.45) is -3.73. The summed E-state index contributed by atoms with van der Waals surface area (Å²) >= 11 is 5.60. The summed E-state index contributed by atoms with van der Waals surface area (Å²) in [6.45, 7) is 3.36. The first-order valence-corrected chi connectivity index (χ1v) is 10.5. The van der Waals surface area contributed by atoms with Gasteiger partial charge in [0.2, 0.25) is 5.95 Å². The van der Waals surface area contributed by atoms with Crippen molar-refractivity contribution in [2.75, 3.05) is 12.4 Å². The van der Waals surface area contributed by atoms with Gasteiger partial charge in [-0.05, 0) is 30.5 Å². The molecule has 0 aliphatic carbocycles. The molecule has 0 saturated carbocycles. The molecule has 12 heteroatoms. The SMILES string of the molecule is CCC(CC)(c1ccc(Nc2ncc(C(F)(F)F)c(Cl)n2)c(OC)c1)P(=O)(O)O. The lowest BCUT2D eigenvalue weighted by Crippen LogP contribution is -2.24. The maximum Gasteiger partial charge on any atom is 0.420 e. The average Bonchev–Trinajstić information content (AvgIpc) is 2.62. The van der Waals surface area contributed by atoms with Crippen LogP contribution < -0.4 is 10.1 Å². The third kappa shape index (κ3) is 4.66. The van der Waals surface area contributed by atoms with Crippen molar-refractivity contribution in [3.8, 4) is 5.75 Å². The molecule has 0 fully saturated rings. The molecule has 1 aromatic carbocycles. The number of rotatable bonds is 7. The number of hydrogen-bond donors (Lipinski definition) is 3. The van der Waals surface area contributed by atoms with Crippen LogP contribution in [0.2, 0.25) is 5.15 Å². The molecule has 0 spiro atoms.